The van der Waals surface area contributed by atoms with E-state index in [1.165, 1.54) is 11.8 Å². The third kappa shape index (κ3) is 9.29. The first kappa shape index (κ1) is 18.3. The summed E-state index contributed by atoms with van der Waals surface area (Å²) in [6.45, 7) is 2.75. The summed E-state index contributed by atoms with van der Waals surface area (Å²) in [4.78, 5) is 38.3. The number of hydrogen-bond acceptors (Lipinski definition) is 6. The van der Waals surface area contributed by atoms with E-state index in [1.807, 2.05) is 0 Å². The number of esters is 1. The van der Waals surface area contributed by atoms with Gasteiger partial charge in [0.15, 0.2) is 0 Å². The van der Waals surface area contributed by atoms with Crippen molar-refractivity contribution in [3.63, 3.8) is 0 Å². The van der Waals surface area contributed by atoms with Crippen LogP contribution in [0.1, 0.15) is 33.1 Å². The molecule has 8 nitrogen and oxygen atoms in total. The Morgan fingerprint density at radius 3 is 2.45 bits per heavy atom. The highest BCUT2D eigenvalue weighted by atomic mass is 17.1. The smallest absolute Gasteiger partial charge is 0.323 e. The Morgan fingerprint density at radius 2 is 1.95 bits per heavy atom. The van der Waals surface area contributed by atoms with Gasteiger partial charge in [0, 0.05) is 19.9 Å². The van der Waals surface area contributed by atoms with E-state index in [9.17, 15) is 14.4 Å². The van der Waals surface area contributed by atoms with Crippen LogP contribution in [0.4, 0.5) is 0 Å². The normalized spacial score (nSPS) is 11.8. The molecule has 0 saturated carbocycles. The monoisotopic (exact) mass is 291 g/mol. The van der Waals surface area contributed by atoms with Crippen LogP contribution in [-0.2, 0) is 24.0 Å². The van der Waals surface area contributed by atoms with Crippen LogP contribution in [-0.4, -0.2) is 58.9 Å². The predicted molar refractivity (Wildman–Crippen MR) is 67.9 cm³/mol. The fourth-order valence-electron chi connectivity index (χ4n) is 1.44. The van der Waals surface area contributed by atoms with Gasteiger partial charge in [-0.2, -0.15) is 0 Å². The zero-order valence-electron chi connectivity index (χ0n) is 11.7. The lowest BCUT2D eigenvalue weighted by atomic mass is 10.2. The number of carboxylic acids is 1. The van der Waals surface area contributed by atoms with Crippen LogP contribution in [0.3, 0.4) is 0 Å². The number of nitrogens with zero attached hydrogens (tertiary/aromatic N) is 1. The second-order valence-electron chi connectivity index (χ2n) is 4.36. The van der Waals surface area contributed by atoms with Crippen LogP contribution in [0.25, 0.3) is 0 Å². The van der Waals surface area contributed by atoms with Crippen molar-refractivity contribution in [2.45, 2.75) is 39.2 Å². The van der Waals surface area contributed by atoms with Crippen LogP contribution in [0.15, 0.2) is 0 Å². The second-order valence-corrected chi connectivity index (χ2v) is 4.36. The van der Waals surface area contributed by atoms with Crippen LogP contribution in [0, 0.1) is 0 Å². The zero-order valence-corrected chi connectivity index (χ0v) is 11.7. The molecule has 0 aromatic heterocycles. The molecule has 2 N–H and O–H groups in total. The summed E-state index contributed by atoms with van der Waals surface area (Å²) in [5, 5.41) is 17.2. The van der Waals surface area contributed by atoms with Gasteiger partial charge in [-0.15, -0.1) is 0 Å². The fourth-order valence-corrected chi connectivity index (χ4v) is 1.44. The van der Waals surface area contributed by atoms with Gasteiger partial charge < -0.3 is 14.7 Å². The molecule has 116 valence electrons. The van der Waals surface area contributed by atoms with E-state index in [-0.39, 0.29) is 25.5 Å². The average Bonchev–Trinajstić information content (AvgIpc) is 2.38. The molecule has 0 heterocycles. The first-order valence-corrected chi connectivity index (χ1v) is 6.30. The molecular weight excluding hydrogens is 270 g/mol. The Balaban J connectivity index is 4.19. The number of carbonyl (C=O) groups excluding carboxylic acids is 2. The van der Waals surface area contributed by atoms with E-state index >= 15 is 0 Å². The Morgan fingerprint density at radius 1 is 1.30 bits per heavy atom. The van der Waals surface area contributed by atoms with Gasteiger partial charge in [0.2, 0.25) is 5.91 Å². The van der Waals surface area contributed by atoms with E-state index in [0.29, 0.717) is 12.8 Å². The predicted octanol–water partition coefficient (Wildman–Crippen LogP) is 0.511. The summed E-state index contributed by atoms with van der Waals surface area (Å²) < 4.78 is 4.69. The molecule has 8 heteroatoms. The van der Waals surface area contributed by atoms with Crippen molar-refractivity contribution in [1.82, 2.24) is 4.90 Å². The number of hydrogen-bond donors (Lipinski definition) is 2. The Hall–Kier alpha value is -1.67. The van der Waals surface area contributed by atoms with Crippen molar-refractivity contribution < 1.29 is 34.4 Å². The Bertz CT molecular complexity index is 332. The Kier molecular flexibility index (Phi) is 9.31. The van der Waals surface area contributed by atoms with Gasteiger partial charge in [-0.05, 0) is 19.8 Å². The lowest BCUT2D eigenvalue weighted by Gasteiger charge is -2.21. The maximum Gasteiger partial charge on any atom is 0.323 e. The molecule has 0 radical (unpaired) electrons. The van der Waals surface area contributed by atoms with Gasteiger partial charge in [0.05, 0.1) is 12.7 Å². The van der Waals surface area contributed by atoms with Gasteiger partial charge in [-0.3, -0.25) is 19.6 Å². The first-order chi connectivity index (χ1) is 9.36. The standard InChI is InChI=1S/C12H21NO7/c1-9(20-18)5-6-13(8-12(16)17)11(15)4-3-7-19-10(2)14/h9,18H,3-8H2,1-2H3,(H,16,17). The van der Waals surface area contributed by atoms with Crippen molar-refractivity contribution in [3.05, 3.63) is 0 Å². The Labute approximate surface area is 117 Å². The molecule has 20 heavy (non-hydrogen) atoms. The van der Waals surface area contributed by atoms with E-state index in [4.69, 9.17) is 10.4 Å². The number of amides is 1. The highest BCUT2D eigenvalue weighted by Gasteiger charge is 2.17. The molecule has 0 saturated heterocycles. The summed E-state index contributed by atoms with van der Waals surface area (Å²) in [5.41, 5.74) is 0. The molecule has 0 bridgehead atoms. The number of aliphatic carboxylic acids is 1. The van der Waals surface area contributed by atoms with E-state index in [0.717, 1.165) is 0 Å². The van der Waals surface area contributed by atoms with Gasteiger partial charge in [0.1, 0.15) is 6.54 Å². The molecule has 1 atom stereocenters. The quantitative estimate of drug-likeness (QED) is 0.261. The van der Waals surface area contributed by atoms with Crippen LogP contribution in [0.5, 0.6) is 0 Å². The van der Waals surface area contributed by atoms with Crippen molar-refractivity contribution in [3.8, 4) is 0 Å². The molecule has 0 aliphatic heterocycles. The maximum atomic E-state index is 11.8. The number of carbonyl (C=O) groups is 3. The van der Waals surface area contributed by atoms with Gasteiger partial charge in [0.25, 0.3) is 0 Å². The number of carboxylic acid groups (broad SMARTS) is 1. The molecule has 0 aromatic carbocycles. The molecule has 1 amide bonds. The third-order valence-corrected chi connectivity index (χ3v) is 2.50. The summed E-state index contributed by atoms with van der Waals surface area (Å²) in [6.07, 6.45) is 0.259. The van der Waals surface area contributed by atoms with Crippen molar-refractivity contribution >= 4 is 17.8 Å². The summed E-state index contributed by atoms with van der Waals surface area (Å²) in [6, 6.07) is 0. The highest BCUT2D eigenvalue weighted by Crippen LogP contribution is 2.03. The molecular formula is C12H21NO7. The minimum Gasteiger partial charge on any atom is -0.480 e. The first-order valence-electron chi connectivity index (χ1n) is 6.30. The topological polar surface area (TPSA) is 113 Å². The SMILES string of the molecule is CC(=O)OCCCC(=O)N(CCC(C)OO)CC(=O)O. The van der Waals surface area contributed by atoms with E-state index in [1.54, 1.807) is 6.92 Å². The highest BCUT2D eigenvalue weighted by molar-refractivity contribution is 5.81. The second kappa shape index (κ2) is 10.2. The lowest BCUT2D eigenvalue weighted by Crippen LogP contribution is -2.37. The fraction of sp³-hybridized carbons (Fsp3) is 0.750. The molecule has 0 aliphatic carbocycles. The van der Waals surface area contributed by atoms with Crippen molar-refractivity contribution in [1.29, 1.82) is 0 Å². The summed E-state index contributed by atoms with van der Waals surface area (Å²) in [5.74, 6) is -1.88. The average molecular weight is 291 g/mol. The van der Waals surface area contributed by atoms with Crippen molar-refractivity contribution in [2.75, 3.05) is 19.7 Å². The van der Waals surface area contributed by atoms with Crippen LogP contribution in [0.2, 0.25) is 0 Å². The molecule has 1 unspecified atom stereocenters. The molecule has 0 spiro atoms. The largest absolute Gasteiger partial charge is 0.480 e. The van der Waals surface area contributed by atoms with Crippen molar-refractivity contribution in [2.24, 2.45) is 0 Å². The zero-order chi connectivity index (χ0) is 15.5. The third-order valence-electron chi connectivity index (χ3n) is 2.50. The van der Waals surface area contributed by atoms with Crippen LogP contribution >= 0.6 is 0 Å². The molecule has 0 fully saturated rings. The molecule has 0 aliphatic rings. The lowest BCUT2D eigenvalue weighted by molar-refractivity contribution is -0.275. The minimum atomic E-state index is -1.11. The minimum absolute atomic E-state index is 0.0922. The van der Waals surface area contributed by atoms with E-state index in [2.05, 4.69) is 9.62 Å². The number of ether oxygens (including phenoxy) is 1. The van der Waals surface area contributed by atoms with Gasteiger partial charge >= 0.3 is 11.9 Å². The summed E-state index contributed by atoms with van der Waals surface area (Å²) >= 11 is 0. The van der Waals surface area contributed by atoms with Gasteiger partial charge in [-0.1, -0.05) is 0 Å². The summed E-state index contributed by atoms with van der Waals surface area (Å²) in [7, 11) is 0. The van der Waals surface area contributed by atoms with E-state index < -0.39 is 24.6 Å². The molecule has 0 aromatic rings. The number of rotatable bonds is 10. The molecule has 0 rings (SSSR count). The van der Waals surface area contributed by atoms with Gasteiger partial charge in [-0.25, -0.2) is 4.89 Å². The maximum absolute atomic E-state index is 11.8. The van der Waals surface area contributed by atoms with Crippen LogP contribution < -0.4 is 0 Å².